The van der Waals surface area contributed by atoms with E-state index >= 15 is 0 Å². The number of hydrogen-bond acceptors (Lipinski definition) is 3. The van der Waals surface area contributed by atoms with Crippen molar-refractivity contribution in [3.63, 3.8) is 0 Å². The number of fused-ring (bicyclic) bond motifs is 1. The second kappa shape index (κ2) is 5.78. The van der Waals surface area contributed by atoms with Crippen molar-refractivity contribution in [1.82, 2.24) is 5.43 Å². The van der Waals surface area contributed by atoms with E-state index in [4.69, 9.17) is 5.26 Å². The Kier molecular flexibility index (Phi) is 3.89. The van der Waals surface area contributed by atoms with Gasteiger partial charge in [-0.05, 0) is 29.3 Å². The number of rotatable bonds is 3. The zero-order chi connectivity index (χ0) is 13.7. The van der Waals surface area contributed by atoms with E-state index < -0.39 is 5.91 Å². The Morgan fingerprint density at radius 3 is 2.74 bits per heavy atom. The molecule has 0 heterocycles. The molecule has 0 fully saturated rings. The highest BCUT2D eigenvalue weighted by Gasteiger charge is 2.01. The standard InChI is InChI=1S/C15H13N3O/c1-11(17-18-15(19)8-9-16)13-7-6-12-4-2-3-5-14(12)10-13/h2-7,10H,8H2,1H3,(H,18,19)/b17-11-. The van der Waals surface area contributed by atoms with Crippen LogP contribution < -0.4 is 5.43 Å². The molecule has 0 saturated heterocycles. The predicted octanol–water partition coefficient (Wildman–Crippen LogP) is 2.59. The minimum Gasteiger partial charge on any atom is -0.272 e. The van der Waals surface area contributed by atoms with Crippen molar-refractivity contribution < 1.29 is 4.79 Å². The van der Waals surface area contributed by atoms with Crippen LogP contribution >= 0.6 is 0 Å². The van der Waals surface area contributed by atoms with Crippen LogP contribution in [0, 0.1) is 11.3 Å². The van der Waals surface area contributed by atoms with Gasteiger partial charge in [0.15, 0.2) is 0 Å². The van der Waals surface area contributed by atoms with E-state index in [1.54, 1.807) is 6.07 Å². The molecular weight excluding hydrogens is 238 g/mol. The van der Waals surface area contributed by atoms with Crippen LogP contribution in [0.25, 0.3) is 10.8 Å². The molecule has 2 aromatic rings. The summed E-state index contributed by atoms with van der Waals surface area (Å²) < 4.78 is 0. The number of hydrogen-bond donors (Lipinski definition) is 1. The van der Waals surface area contributed by atoms with Crippen LogP contribution in [0.1, 0.15) is 18.9 Å². The first-order valence-corrected chi connectivity index (χ1v) is 5.90. The molecule has 0 aliphatic rings. The molecule has 0 unspecified atom stereocenters. The molecule has 0 saturated carbocycles. The summed E-state index contributed by atoms with van der Waals surface area (Å²) in [4.78, 5) is 11.2. The van der Waals surface area contributed by atoms with Crippen molar-refractivity contribution in [2.45, 2.75) is 13.3 Å². The average molecular weight is 251 g/mol. The lowest BCUT2D eigenvalue weighted by atomic mass is 10.0. The highest BCUT2D eigenvalue weighted by atomic mass is 16.2. The van der Waals surface area contributed by atoms with Gasteiger partial charge in [0, 0.05) is 0 Å². The summed E-state index contributed by atoms with van der Waals surface area (Å²) in [5.41, 5.74) is 4.00. The number of benzene rings is 2. The lowest BCUT2D eigenvalue weighted by Gasteiger charge is -2.03. The first-order valence-electron chi connectivity index (χ1n) is 5.90. The molecule has 0 aliphatic carbocycles. The summed E-state index contributed by atoms with van der Waals surface area (Å²) in [5.74, 6) is -0.400. The third-order valence-corrected chi connectivity index (χ3v) is 2.76. The van der Waals surface area contributed by atoms with Crippen molar-refractivity contribution in [3.05, 3.63) is 48.0 Å². The van der Waals surface area contributed by atoms with Gasteiger partial charge in [-0.15, -0.1) is 0 Å². The van der Waals surface area contributed by atoms with Crippen LogP contribution in [0.15, 0.2) is 47.6 Å². The van der Waals surface area contributed by atoms with E-state index in [-0.39, 0.29) is 6.42 Å². The van der Waals surface area contributed by atoms with Crippen LogP contribution in [0.3, 0.4) is 0 Å². The molecule has 19 heavy (non-hydrogen) atoms. The minimum atomic E-state index is -0.400. The van der Waals surface area contributed by atoms with E-state index in [2.05, 4.69) is 10.5 Å². The molecule has 1 amide bonds. The van der Waals surface area contributed by atoms with Gasteiger partial charge in [0.25, 0.3) is 5.91 Å². The maximum absolute atomic E-state index is 11.2. The summed E-state index contributed by atoms with van der Waals surface area (Å²) in [6.07, 6.45) is -0.186. The fourth-order valence-electron chi connectivity index (χ4n) is 1.74. The maximum Gasteiger partial charge on any atom is 0.254 e. The van der Waals surface area contributed by atoms with Gasteiger partial charge in [-0.2, -0.15) is 10.4 Å². The van der Waals surface area contributed by atoms with Crippen molar-refractivity contribution in [2.75, 3.05) is 0 Å². The van der Waals surface area contributed by atoms with Gasteiger partial charge in [-0.25, -0.2) is 5.43 Å². The molecule has 0 aromatic heterocycles. The number of nitriles is 1. The summed E-state index contributed by atoms with van der Waals surface area (Å²) in [7, 11) is 0. The average Bonchev–Trinajstić information content (AvgIpc) is 2.44. The summed E-state index contributed by atoms with van der Waals surface area (Å²) in [5, 5.41) is 14.6. The smallest absolute Gasteiger partial charge is 0.254 e. The Morgan fingerprint density at radius 1 is 1.26 bits per heavy atom. The lowest BCUT2D eigenvalue weighted by Crippen LogP contribution is -2.18. The molecule has 0 spiro atoms. The van der Waals surface area contributed by atoms with Crippen LogP contribution in [0.5, 0.6) is 0 Å². The molecule has 1 N–H and O–H groups in total. The molecule has 2 aromatic carbocycles. The Balaban J connectivity index is 2.21. The van der Waals surface area contributed by atoms with E-state index in [1.165, 1.54) is 0 Å². The topological polar surface area (TPSA) is 65.2 Å². The molecule has 4 heteroatoms. The summed E-state index contributed by atoms with van der Waals surface area (Å²) in [6, 6.07) is 15.8. The zero-order valence-electron chi connectivity index (χ0n) is 10.6. The van der Waals surface area contributed by atoms with Gasteiger partial charge in [0.2, 0.25) is 0 Å². The number of nitrogens with zero attached hydrogens (tertiary/aromatic N) is 2. The Morgan fingerprint density at radius 2 is 2.00 bits per heavy atom. The zero-order valence-corrected chi connectivity index (χ0v) is 10.6. The van der Waals surface area contributed by atoms with Gasteiger partial charge >= 0.3 is 0 Å². The molecule has 0 aliphatic heterocycles. The van der Waals surface area contributed by atoms with Crippen molar-refractivity contribution >= 4 is 22.4 Å². The summed E-state index contributed by atoms with van der Waals surface area (Å²) >= 11 is 0. The largest absolute Gasteiger partial charge is 0.272 e. The van der Waals surface area contributed by atoms with Gasteiger partial charge in [0.05, 0.1) is 11.8 Å². The summed E-state index contributed by atoms with van der Waals surface area (Å²) in [6.45, 7) is 1.82. The maximum atomic E-state index is 11.2. The number of carbonyl (C=O) groups is 1. The van der Waals surface area contributed by atoms with Crippen LogP contribution in [0.2, 0.25) is 0 Å². The third kappa shape index (κ3) is 3.17. The Hall–Kier alpha value is -2.67. The monoisotopic (exact) mass is 251 g/mol. The van der Waals surface area contributed by atoms with E-state index in [0.717, 1.165) is 16.3 Å². The molecule has 0 bridgehead atoms. The van der Waals surface area contributed by atoms with Crippen molar-refractivity contribution in [2.24, 2.45) is 5.10 Å². The lowest BCUT2D eigenvalue weighted by molar-refractivity contribution is -0.120. The number of nitrogens with one attached hydrogen (secondary N) is 1. The second-order valence-electron chi connectivity index (χ2n) is 4.13. The highest BCUT2D eigenvalue weighted by molar-refractivity contribution is 6.02. The van der Waals surface area contributed by atoms with E-state index in [0.29, 0.717) is 5.71 Å². The van der Waals surface area contributed by atoms with Crippen LogP contribution in [-0.2, 0) is 4.79 Å². The fourth-order valence-corrected chi connectivity index (χ4v) is 1.74. The molecule has 4 nitrogen and oxygen atoms in total. The number of carbonyl (C=O) groups excluding carboxylic acids is 1. The first kappa shape index (κ1) is 12.8. The Labute approximate surface area is 111 Å². The van der Waals surface area contributed by atoms with Gasteiger partial charge in [0.1, 0.15) is 6.42 Å². The predicted molar refractivity (Wildman–Crippen MR) is 74.5 cm³/mol. The SMILES string of the molecule is C/C(=N/NC(=O)CC#N)c1ccc2ccccc2c1. The Bertz CT molecular complexity index is 683. The van der Waals surface area contributed by atoms with Crippen molar-refractivity contribution in [3.8, 4) is 6.07 Å². The molecule has 94 valence electrons. The van der Waals surface area contributed by atoms with E-state index in [9.17, 15) is 4.79 Å². The van der Waals surface area contributed by atoms with Gasteiger partial charge in [-0.3, -0.25) is 4.79 Å². The van der Waals surface area contributed by atoms with Crippen LogP contribution in [0.4, 0.5) is 0 Å². The van der Waals surface area contributed by atoms with Crippen LogP contribution in [-0.4, -0.2) is 11.6 Å². The molecule has 0 atom stereocenters. The minimum absolute atomic E-state index is 0.186. The molecule has 2 rings (SSSR count). The molecule has 0 radical (unpaired) electrons. The second-order valence-corrected chi connectivity index (χ2v) is 4.13. The third-order valence-electron chi connectivity index (χ3n) is 2.76. The number of hydrazone groups is 1. The van der Waals surface area contributed by atoms with Gasteiger partial charge < -0.3 is 0 Å². The normalized spacial score (nSPS) is 11.1. The fraction of sp³-hybridized carbons (Fsp3) is 0.133. The first-order chi connectivity index (χ1) is 9.20. The van der Waals surface area contributed by atoms with E-state index in [1.807, 2.05) is 49.4 Å². The van der Waals surface area contributed by atoms with Crippen molar-refractivity contribution in [1.29, 1.82) is 5.26 Å². The van der Waals surface area contributed by atoms with Gasteiger partial charge in [-0.1, -0.05) is 36.4 Å². The highest BCUT2D eigenvalue weighted by Crippen LogP contribution is 2.16. The molecular formula is C15H13N3O. The number of amides is 1. The quantitative estimate of drug-likeness (QED) is 0.673.